The van der Waals surface area contributed by atoms with Crippen LogP contribution in [0, 0.1) is 5.92 Å². The first kappa shape index (κ1) is 26.5. The van der Waals surface area contributed by atoms with Crippen LogP contribution < -0.4 is 21.3 Å². The summed E-state index contributed by atoms with van der Waals surface area (Å²) in [6, 6.07) is 17.0. The Morgan fingerprint density at radius 2 is 1.85 bits per heavy atom. The van der Waals surface area contributed by atoms with E-state index in [1.165, 1.54) is 0 Å². The van der Waals surface area contributed by atoms with Crippen molar-refractivity contribution in [2.24, 2.45) is 5.92 Å². The average Bonchev–Trinajstić information content (AvgIpc) is 3.44. The van der Waals surface area contributed by atoms with Gasteiger partial charge in [-0.05, 0) is 72.7 Å². The predicted molar refractivity (Wildman–Crippen MR) is 160 cm³/mol. The van der Waals surface area contributed by atoms with Crippen LogP contribution in [0.5, 0.6) is 0 Å². The summed E-state index contributed by atoms with van der Waals surface area (Å²) in [7, 11) is 0. The number of aromatic nitrogens is 3. The number of likely N-dealkylation sites (tertiary alicyclic amines) is 1. The Kier molecular flexibility index (Phi) is 7.64. The monoisotopic (exact) mass is 568 g/mol. The Labute approximate surface area is 242 Å². The van der Waals surface area contributed by atoms with Crippen molar-refractivity contribution in [1.29, 1.82) is 0 Å². The number of halogens is 1. The second-order valence-electron chi connectivity index (χ2n) is 10.2. The van der Waals surface area contributed by atoms with Gasteiger partial charge in [0.1, 0.15) is 5.02 Å². The van der Waals surface area contributed by atoms with Crippen molar-refractivity contribution in [3.63, 3.8) is 0 Å². The number of amides is 3. The zero-order valence-corrected chi connectivity index (χ0v) is 23.0. The minimum absolute atomic E-state index is 0.0726. The number of carbonyl (C=O) groups excluding carboxylic acids is 2. The SMILES string of the molecule is O=C(C[C@@H]1CCN(C(=O)Nc2ccccc2)C1)Nc1ccc2cc1CCc1cncc(c1)Nc1ncc(Cl)c(n1)N2. The number of nitrogens with zero attached hydrogens (tertiary/aromatic N) is 4. The third-order valence-electron chi connectivity index (χ3n) is 7.19. The van der Waals surface area contributed by atoms with Gasteiger partial charge in [0.05, 0.1) is 18.1 Å². The molecule has 0 spiro atoms. The summed E-state index contributed by atoms with van der Waals surface area (Å²) < 4.78 is 0. The minimum atomic E-state index is -0.141. The number of rotatable bonds is 4. The molecule has 1 fully saturated rings. The van der Waals surface area contributed by atoms with Gasteiger partial charge in [0.2, 0.25) is 11.9 Å². The molecule has 11 heteroatoms. The van der Waals surface area contributed by atoms with E-state index in [0.717, 1.165) is 46.7 Å². The van der Waals surface area contributed by atoms with Crippen LogP contribution in [-0.4, -0.2) is 44.9 Å². The minimum Gasteiger partial charge on any atom is -0.339 e. The molecule has 6 bridgehead atoms. The van der Waals surface area contributed by atoms with E-state index >= 15 is 0 Å². The number of pyridine rings is 1. The quantitative estimate of drug-likeness (QED) is 0.238. The molecule has 6 rings (SSSR count). The summed E-state index contributed by atoms with van der Waals surface area (Å²) >= 11 is 6.37. The van der Waals surface area contributed by atoms with Crippen LogP contribution in [0.2, 0.25) is 5.02 Å². The van der Waals surface area contributed by atoms with Crippen molar-refractivity contribution >= 4 is 58.1 Å². The van der Waals surface area contributed by atoms with E-state index in [4.69, 9.17) is 11.6 Å². The van der Waals surface area contributed by atoms with E-state index in [9.17, 15) is 9.59 Å². The molecule has 4 heterocycles. The van der Waals surface area contributed by atoms with Crippen molar-refractivity contribution in [3.05, 3.63) is 89.3 Å². The van der Waals surface area contributed by atoms with E-state index in [1.54, 1.807) is 17.3 Å². The van der Waals surface area contributed by atoms with E-state index in [2.05, 4.69) is 36.2 Å². The third-order valence-corrected chi connectivity index (χ3v) is 7.47. The largest absolute Gasteiger partial charge is 0.339 e. The second-order valence-corrected chi connectivity index (χ2v) is 10.7. The fraction of sp³-hybridized carbons (Fsp3) is 0.233. The Balaban J connectivity index is 1.15. The number of anilines is 6. The Morgan fingerprint density at radius 1 is 0.976 bits per heavy atom. The first-order valence-electron chi connectivity index (χ1n) is 13.5. The number of para-hydroxylation sites is 1. The van der Waals surface area contributed by atoms with Gasteiger partial charge in [0.15, 0.2) is 5.82 Å². The summed E-state index contributed by atoms with van der Waals surface area (Å²) in [5, 5.41) is 12.9. The number of benzene rings is 2. The molecule has 0 aliphatic carbocycles. The second kappa shape index (κ2) is 11.8. The van der Waals surface area contributed by atoms with Crippen LogP contribution in [0.1, 0.15) is 24.0 Å². The summed E-state index contributed by atoms with van der Waals surface area (Å²) in [6.07, 6.45) is 7.62. The Hall–Kier alpha value is -4.70. The maximum atomic E-state index is 13.1. The van der Waals surface area contributed by atoms with Crippen molar-refractivity contribution in [1.82, 2.24) is 19.9 Å². The van der Waals surface area contributed by atoms with E-state index in [-0.39, 0.29) is 17.9 Å². The van der Waals surface area contributed by atoms with E-state index < -0.39 is 0 Å². The molecule has 1 saturated heterocycles. The van der Waals surface area contributed by atoms with Gasteiger partial charge in [0.25, 0.3) is 0 Å². The van der Waals surface area contributed by atoms with Crippen LogP contribution in [-0.2, 0) is 17.6 Å². The highest BCUT2D eigenvalue weighted by Crippen LogP contribution is 2.30. The van der Waals surface area contributed by atoms with Crippen molar-refractivity contribution in [2.45, 2.75) is 25.7 Å². The van der Waals surface area contributed by atoms with Gasteiger partial charge in [-0.25, -0.2) is 9.78 Å². The highest BCUT2D eigenvalue weighted by molar-refractivity contribution is 6.32. The highest BCUT2D eigenvalue weighted by atomic mass is 35.5. The molecule has 2 aromatic heterocycles. The maximum absolute atomic E-state index is 13.1. The molecule has 0 radical (unpaired) electrons. The molecule has 208 valence electrons. The summed E-state index contributed by atoms with van der Waals surface area (Å²) in [5.74, 6) is 0.897. The van der Waals surface area contributed by atoms with Gasteiger partial charge < -0.3 is 26.2 Å². The standard InChI is InChI=1S/C30H29ClN8O2/c31-25-17-33-29-35-24-12-19(15-32-16-24)6-7-21-14-23(34-28(25)38-29)8-9-26(21)37-27(40)13-20-10-11-39(18-20)30(41)36-22-4-2-1-3-5-22/h1-5,8-9,12,14-17,20H,6-7,10-11,13,18H2,(H,36,41)(H,37,40)(H2,33,34,35,38)/t20-/m0/s1. The summed E-state index contributed by atoms with van der Waals surface area (Å²) in [5.41, 5.74) is 5.10. The van der Waals surface area contributed by atoms with Gasteiger partial charge in [-0.1, -0.05) is 29.8 Å². The maximum Gasteiger partial charge on any atom is 0.321 e. The van der Waals surface area contributed by atoms with Gasteiger partial charge in [0, 0.05) is 42.8 Å². The number of fused-ring (bicyclic) bond motifs is 6. The van der Waals surface area contributed by atoms with Crippen LogP contribution in [0.25, 0.3) is 0 Å². The number of aryl methyl sites for hydroxylation is 2. The fourth-order valence-corrected chi connectivity index (χ4v) is 5.26. The number of hydrogen-bond acceptors (Lipinski definition) is 7. The summed E-state index contributed by atoms with van der Waals surface area (Å²) in [6.45, 7) is 1.17. The molecule has 41 heavy (non-hydrogen) atoms. The van der Waals surface area contributed by atoms with Crippen molar-refractivity contribution in [3.8, 4) is 0 Å². The fourth-order valence-electron chi connectivity index (χ4n) is 5.12. The molecule has 4 aromatic rings. The Morgan fingerprint density at radius 3 is 2.73 bits per heavy atom. The molecule has 0 unspecified atom stereocenters. The first-order valence-corrected chi connectivity index (χ1v) is 13.9. The number of carbonyl (C=O) groups is 2. The van der Waals surface area contributed by atoms with Gasteiger partial charge in [-0.3, -0.25) is 9.78 Å². The molecule has 1 atom stereocenters. The molecule has 4 N–H and O–H groups in total. The number of nitrogens with one attached hydrogen (secondary N) is 4. The summed E-state index contributed by atoms with van der Waals surface area (Å²) in [4.78, 5) is 40.7. The first-order chi connectivity index (χ1) is 20.0. The molecule has 2 aliphatic rings. The molecule has 0 saturated carbocycles. The zero-order chi connectivity index (χ0) is 28.2. The zero-order valence-electron chi connectivity index (χ0n) is 22.2. The molecular formula is C30H29ClN8O2. The molecular weight excluding hydrogens is 540 g/mol. The Bertz CT molecular complexity index is 1580. The smallest absolute Gasteiger partial charge is 0.321 e. The topological polar surface area (TPSA) is 124 Å². The molecule has 2 aromatic carbocycles. The van der Waals surface area contributed by atoms with Gasteiger partial charge >= 0.3 is 6.03 Å². The number of hydrogen-bond donors (Lipinski definition) is 4. The van der Waals surface area contributed by atoms with Crippen molar-refractivity contribution in [2.75, 3.05) is 34.4 Å². The van der Waals surface area contributed by atoms with Gasteiger partial charge in [-0.2, -0.15) is 4.98 Å². The van der Waals surface area contributed by atoms with Crippen LogP contribution in [0.4, 0.5) is 39.3 Å². The number of urea groups is 1. The van der Waals surface area contributed by atoms with E-state index in [0.29, 0.717) is 42.7 Å². The van der Waals surface area contributed by atoms with Crippen LogP contribution >= 0.6 is 11.6 Å². The predicted octanol–water partition coefficient (Wildman–Crippen LogP) is 5.99. The lowest BCUT2D eigenvalue weighted by Crippen LogP contribution is -2.33. The lowest BCUT2D eigenvalue weighted by molar-refractivity contribution is -0.117. The van der Waals surface area contributed by atoms with Gasteiger partial charge in [-0.15, -0.1) is 0 Å². The highest BCUT2D eigenvalue weighted by Gasteiger charge is 2.28. The molecule has 10 nitrogen and oxygen atoms in total. The average molecular weight is 569 g/mol. The molecule has 2 aliphatic heterocycles. The van der Waals surface area contributed by atoms with Crippen LogP contribution in [0.15, 0.2) is 73.2 Å². The van der Waals surface area contributed by atoms with Crippen LogP contribution in [0.3, 0.4) is 0 Å². The molecule has 3 amide bonds. The normalized spacial score (nSPS) is 15.8. The van der Waals surface area contributed by atoms with E-state index in [1.807, 2.05) is 60.8 Å². The third kappa shape index (κ3) is 6.55. The lowest BCUT2D eigenvalue weighted by atomic mass is 10.0. The van der Waals surface area contributed by atoms with Crippen molar-refractivity contribution < 1.29 is 9.59 Å². The lowest BCUT2D eigenvalue weighted by Gasteiger charge is -2.18.